The van der Waals surface area contributed by atoms with Crippen LogP contribution in [-0.4, -0.2) is 11.5 Å². The highest BCUT2D eigenvalue weighted by atomic mass is 15.0. The first kappa shape index (κ1) is 10.8. The van der Waals surface area contributed by atoms with Crippen molar-refractivity contribution in [2.24, 2.45) is 0 Å². The number of aromatic amines is 1. The van der Waals surface area contributed by atoms with Crippen LogP contribution in [0.4, 0.5) is 0 Å². The highest BCUT2D eigenvalue weighted by molar-refractivity contribution is 5.90. The van der Waals surface area contributed by atoms with Crippen LogP contribution >= 0.6 is 0 Å². The summed E-state index contributed by atoms with van der Waals surface area (Å²) in [5.74, 6) is 0. The van der Waals surface area contributed by atoms with E-state index in [1.165, 1.54) is 33.3 Å². The molecule has 3 rings (SSSR count). The molecule has 2 heteroatoms. The van der Waals surface area contributed by atoms with E-state index in [1.807, 2.05) is 0 Å². The van der Waals surface area contributed by atoms with Gasteiger partial charge in [-0.25, -0.2) is 0 Å². The van der Waals surface area contributed by atoms with E-state index in [0.717, 1.165) is 13.0 Å². The number of benzene rings is 1. The van der Waals surface area contributed by atoms with Gasteiger partial charge in [-0.2, -0.15) is 0 Å². The van der Waals surface area contributed by atoms with Crippen LogP contribution in [-0.2, 0) is 12.0 Å². The number of H-pyrrole nitrogens is 1. The Morgan fingerprint density at radius 3 is 2.59 bits per heavy atom. The summed E-state index contributed by atoms with van der Waals surface area (Å²) in [6.07, 6.45) is 1.13. The van der Waals surface area contributed by atoms with Crippen molar-refractivity contribution in [2.45, 2.75) is 39.7 Å². The molecule has 0 saturated carbocycles. The summed E-state index contributed by atoms with van der Waals surface area (Å²) in [4.78, 5) is 3.65. The lowest BCUT2D eigenvalue weighted by molar-refractivity contribution is 0.374. The van der Waals surface area contributed by atoms with Gasteiger partial charge < -0.3 is 10.3 Å². The largest absolute Gasteiger partial charge is 0.356 e. The van der Waals surface area contributed by atoms with E-state index in [4.69, 9.17) is 0 Å². The molecule has 1 aromatic carbocycles. The molecule has 1 aliphatic rings. The molecule has 90 valence electrons. The second kappa shape index (κ2) is 3.36. The van der Waals surface area contributed by atoms with Gasteiger partial charge in [0.1, 0.15) is 0 Å². The summed E-state index contributed by atoms with van der Waals surface area (Å²) >= 11 is 0. The van der Waals surface area contributed by atoms with Gasteiger partial charge in [0.05, 0.1) is 5.54 Å². The predicted molar refractivity (Wildman–Crippen MR) is 72.5 cm³/mol. The highest BCUT2D eigenvalue weighted by Crippen LogP contribution is 2.35. The standard InChI is InChI=1S/C15H20N2/c1-9-5-6-10(2)13-12(9)11-7-8-16-15(3,4)14(11)17-13/h5-6,16-17H,7-8H2,1-4H3. The number of hydrogen-bond acceptors (Lipinski definition) is 1. The van der Waals surface area contributed by atoms with Gasteiger partial charge in [0.2, 0.25) is 0 Å². The zero-order valence-corrected chi connectivity index (χ0v) is 11.1. The molecule has 0 spiro atoms. The molecular formula is C15H20N2. The third kappa shape index (κ3) is 1.44. The van der Waals surface area contributed by atoms with Crippen molar-refractivity contribution in [3.05, 3.63) is 34.5 Å². The minimum absolute atomic E-state index is 0.0610. The smallest absolute Gasteiger partial charge is 0.0532 e. The molecule has 0 amide bonds. The van der Waals surface area contributed by atoms with Gasteiger partial charge >= 0.3 is 0 Å². The number of aryl methyl sites for hydroxylation is 2. The van der Waals surface area contributed by atoms with Crippen LogP contribution < -0.4 is 5.32 Å². The quantitative estimate of drug-likeness (QED) is 0.712. The first-order chi connectivity index (χ1) is 8.00. The molecule has 2 heterocycles. The van der Waals surface area contributed by atoms with Crippen LogP contribution in [0, 0.1) is 13.8 Å². The minimum atomic E-state index is 0.0610. The Labute approximate surface area is 102 Å². The van der Waals surface area contributed by atoms with Crippen molar-refractivity contribution in [3.63, 3.8) is 0 Å². The summed E-state index contributed by atoms with van der Waals surface area (Å²) in [6, 6.07) is 4.45. The van der Waals surface area contributed by atoms with E-state index in [-0.39, 0.29) is 5.54 Å². The minimum Gasteiger partial charge on any atom is -0.356 e. The Hall–Kier alpha value is -1.28. The number of fused-ring (bicyclic) bond motifs is 3. The molecule has 0 fully saturated rings. The average molecular weight is 228 g/mol. The maximum atomic E-state index is 3.65. The van der Waals surface area contributed by atoms with Crippen molar-refractivity contribution in [2.75, 3.05) is 6.54 Å². The van der Waals surface area contributed by atoms with E-state index >= 15 is 0 Å². The molecule has 0 saturated heterocycles. The third-order valence-corrected chi connectivity index (χ3v) is 4.04. The van der Waals surface area contributed by atoms with E-state index in [2.05, 4.69) is 50.1 Å². The average Bonchev–Trinajstić information content (AvgIpc) is 2.65. The molecule has 2 aromatic rings. The lowest BCUT2D eigenvalue weighted by atomic mass is 9.89. The zero-order valence-electron chi connectivity index (χ0n) is 11.1. The molecule has 0 unspecified atom stereocenters. The molecule has 0 atom stereocenters. The Kier molecular flexibility index (Phi) is 2.14. The first-order valence-corrected chi connectivity index (χ1v) is 6.37. The van der Waals surface area contributed by atoms with Crippen molar-refractivity contribution in [1.29, 1.82) is 0 Å². The maximum absolute atomic E-state index is 3.65. The van der Waals surface area contributed by atoms with Crippen LogP contribution in [0.1, 0.15) is 36.2 Å². The normalized spacial score (nSPS) is 18.4. The molecule has 0 radical (unpaired) electrons. The fourth-order valence-corrected chi connectivity index (χ4v) is 3.06. The Balaban J connectivity index is 2.42. The number of rotatable bonds is 0. The van der Waals surface area contributed by atoms with Crippen LogP contribution in [0.3, 0.4) is 0 Å². The monoisotopic (exact) mass is 228 g/mol. The van der Waals surface area contributed by atoms with Gasteiger partial charge in [0.25, 0.3) is 0 Å². The summed E-state index contributed by atoms with van der Waals surface area (Å²) in [6.45, 7) is 9.98. The maximum Gasteiger partial charge on any atom is 0.0532 e. The molecule has 2 N–H and O–H groups in total. The van der Waals surface area contributed by atoms with Crippen LogP contribution in [0.2, 0.25) is 0 Å². The molecule has 17 heavy (non-hydrogen) atoms. The van der Waals surface area contributed by atoms with Gasteiger partial charge in [-0.3, -0.25) is 0 Å². The Morgan fingerprint density at radius 2 is 1.82 bits per heavy atom. The van der Waals surface area contributed by atoms with Crippen LogP contribution in [0.25, 0.3) is 10.9 Å². The van der Waals surface area contributed by atoms with E-state index < -0.39 is 0 Å². The van der Waals surface area contributed by atoms with E-state index in [0.29, 0.717) is 0 Å². The Bertz CT molecular complexity index is 590. The summed E-state index contributed by atoms with van der Waals surface area (Å²) < 4.78 is 0. The molecular weight excluding hydrogens is 208 g/mol. The summed E-state index contributed by atoms with van der Waals surface area (Å²) in [5.41, 5.74) is 7.01. The number of aromatic nitrogens is 1. The fourth-order valence-electron chi connectivity index (χ4n) is 3.06. The van der Waals surface area contributed by atoms with Gasteiger partial charge in [0, 0.05) is 23.1 Å². The van der Waals surface area contributed by atoms with Crippen molar-refractivity contribution in [1.82, 2.24) is 10.3 Å². The zero-order chi connectivity index (χ0) is 12.2. The lowest BCUT2D eigenvalue weighted by Crippen LogP contribution is -2.42. The van der Waals surface area contributed by atoms with Gasteiger partial charge in [-0.1, -0.05) is 12.1 Å². The molecule has 1 aliphatic heterocycles. The fraction of sp³-hybridized carbons (Fsp3) is 0.467. The second-order valence-corrected chi connectivity index (χ2v) is 5.73. The topological polar surface area (TPSA) is 27.8 Å². The summed E-state index contributed by atoms with van der Waals surface area (Å²) in [7, 11) is 0. The lowest BCUT2D eigenvalue weighted by Gasteiger charge is -2.31. The van der Waals surface area contributed by atoms with Crippen molar-refractivity contribution >= 4 is 10.9 Å². The second-order valence-electron chi connectivity index (χ2n) is 5.73. The molecule has 0 aliphatic carbocycles. The number of nitrogens with one attached hydrogen (secondary N) is 2. The van der Waals surface area contributed by atoms with Crippen molar-refractivity contribution in [3.8, 4) is 0 Å². The summed E-state index contributed by atoms with van der Waals surface area (Å²) in [5, 5.41) is 5.04. The first-order valence-electron chi connectivity index (χ1n) is 6.37. The highest BCUT2D eigenvalue weighted by Gasteiger charge is 2.30. The van der Waals surface area contributed by atoms with Gasteiger partial charge in [-0.05, 0) is 50.8 Å². The van der Waals surface area contributed by atoms with Crippen LogP contribution in [0.15, 0.2) is 12.1 Å². The molecule has 1 aromatic heterocycles. The van der Waals surface area contributed by atoms with E-state index in [1.54, 1.807) is 0 Å². The Morgan fingerprint density at radius 1 is 1.12 bits per heavy atom. The number of hydrogen-bond donors (Lipinski definition) is 2. The third-order valence-electron chi connectivity index (χ3n) is 4.04. The van der Waals surface area contributed by atoms with Crippen LogP contribution in [0.5, 0.6) is 0 Å². The predicted octanol–water partition coefficient (Wildman–Crippen LogP) is 3.17. The van der Waals surface area contributed by atoms with Gasteiger partial charge in [-0.15, -0.1) is 0 Å². The molecule has 0 bridgehead atoms. The van der Waals surface area contributed by atoms with Gasteiger partial charge in [0.15, 0.2) is 0 Å². The van der Waals surface area contributed by atoms with Crippen molar-refractivity contribution < 1.29 is 0 Å². The molecule has 2 nitrogen and oxygen atoms in total. The van der Waals surface area contributed by atoms with E-state index in [9.17, 15) is 0 Å². The SMILES string of the molecule is Cc1ccc(C)c2c3c([nH]c12)C(C)(C)NCC3.